The Bertz CT molecular complexity index is 534. The molecule has 1 rings (SSSR count). The fourth-order valence-electron chi connectivity index (χ4n) is 1.81. The van der Waals surface area contributed by atoms with Gasteiger partial charge in [0.1, 0.15) is 0 Å². The molecule has 0 saturated carbocycles. The van der Waals surface area contributed by atoms with E-state index in [0.29, 0.717) is 11.4 Å². The monoisotopic (exact) mass is 317 g/mol. The van der Waals surface area contributed by atoms with Crippen LogP contribution in [0.5, 0.6) is 0 Å². The van der Waals surface area contributed by atoms with Gasteiger partial charge in [-0.25, -0.2) is 0 Å². The number of aliphatic hydroxyl groups is 1. The summed E-state index contributed by atoms with van der Waals surface area (Å²) < 4.78 is 39.5. The summed E-state index contributed by atoms with van der Waals surface area (Å²) >= 11 is 0. The Labute approximate surface area is 128 Å². The Morgan fingerprint density at radius 2 is 1.91 bits per heavy atom. The molecule has 0 atom stereocenters. The van der Waals surface area contributed by atoms with Gasteiger partial charge in [-0.3, -0.25) is 4.99 Å². The average Bonchev–Trinajstić information content (AvgIpc) is 2.37. The van der Waals surface area contributed by atoms with E-state index in [1.54, 1.807) is 26.8 Å². The van der Waals surface area contributed by atoms with Crippen LogP contribution in [-0.2, 0) is 12.7 Å². The van der Waals surface area contributed by atoms with Gasteiger partial charge in [0.05, 0.1) is 22.7 Å². The molecule has 124 valence electrons. The van der Waals surface area contributed by atoms with Gasteiger partial charge < -0.3 is 15.7 Å². The zero-order valence-corrected chi connectivity index (χ0v) is 13.2. The van der Waals surface area contributed by atoms with E-state index in [0.717, 1.165) is 6.07 Å². The Morgan fingerprint density at radius 1 is 1.27 bits per heavy atom. The highest BCUT2D eigenvalue weighted by Crippen LogP contribution is 2.35. The SMILES string of the molecule is CN=C(C)Nc1ccc(CNCC(C)(C)O)cc1C(F)(F)F. The van der Waals surface area contributed by atoms with Crippen molar-refractivity contribution in [1.82, 2.24) is 5.32 Å². The maximum Gasteiger partial charge on any atom is 0.418 e. The van der Waals surface area contributed by atoms with Crippen LogP contribution in [0.2, 0.25) is 0 Å². The van der Waals surface area contributed by atoms with Crippen LogP contribution in [0.4, 0.5) is 18.9 Å². The van der Waals surface area contributed by atoms with Gasteiger partial charge >= 0.3 is 6.18 Å². The van der Waals surface area contributed by atoms with E-state index in [-0.39, 0.29) is 18.8 Å². The van der Waals surface area contributed by atoms with E-state index in [1.165, 1.54) is 13.1 Å². The molecule has 0 amide bonds. The van der Waals surface area contributed by atoms with E-state index in [4.69, 9.17) is 0 Å². The third-order valence-electron chi connectivity index (χ3n) is 2.93. The highest BCUT2D eigenvalue weighted by atomic mass is 19.4. The predicted molar refractivity (Wildman–Crippen MR) is 82.1 cm³/mol. The lowest BCUT2D eigenvalue weighted by Crippen LogP contribution is -2.34. The Balaban J connectivity index is 2.95. The lowest BCUT2D eigenvalue weighted by molar-refractivity contribution is -0.137. The molecule has 0 heterocycles. The summed E-state index contributed by atoms with van der Waals surface area (Å²) in [5.74, 6) is 0.401. The van der Waals surface area contributed by atoms with Crippen LogP contribution in [0.25, 0.3) is 0 Å². The van der Waals surface area contributed by atoms with Crippen molar-refractivity contribution < 1.29 is 18.3 Å². The second-order valence-electron chi connectivity index (χ2n) is 5.73. The van der Waals surface area contributed by atoms with Crippen LogP contribution in [-0.4, -0.2) is 30.1 Å². The average molecular weight is 317 g/mol. The van der Waals surface area contributed by atoms with Crippen molar-refractivity contribution in [2.24, 2.45) is 4.99 Å². The Hall–Kier alpha value is -1.60. The minimum atomic E-state index is -4.46. The number of nitrogens with zero attached hydrogens (tertiary/aromatic N) is 1. The molecule has 0 saturated heterocycles. The fraction of sp³-hybridized carbons (Fsp3) is 0.533. The van der Waals surface area contributed by atoms with Crippen LogP contribution in [0.3, 0.4) is 0 Å². The summed E-state index contributed by atoms with van der Waals surface area (Å²) in [6, 6.07) is 4.10. The molecule has 0 aromatic heterocycles. The van der Waals surface area contributed by atoms with Crippen molar-refractivity contribution in [3.63, 3.8) is 0 Å². The number of aliphatic imine (C=N–C) groups is 1. The standard InChI is InChI=1S/C15H22F3N3O/c1-10(19-4)21-13-6-5-11(7-12(13)15(16,17)18)8-20-9-14(2,3)22/h5-7,20,22H,8-9H2,1-4H3,(H,19,21). The Kier molecular flexibility index (Phi) is 5.96. The normalized spacial score (nSPS) is 13.4. The molecule has 7 heteroatoms. The molecular formula is C15H22F3N3O. The van der Waals surface area contributed by atoms with Gasteiger partial charge in [0.15, 0.2) is 0 Å². The van der Waals surface area contributed by atoms with Crippen molar-refractivity contribution in [2.45, 2.75) is 39.1 Å². The van der Waals surface area contributed by atoms with Crippen LogP contribution < -0.4 is 10.6 Å². The number of alkyl halides is 3. The summed E-state index contributed by atoms with van der Waals surface area (Å²) in [4.78, 5) is 3.80. The fourth-order valence-corrected chi connectivity index (χ4v) is 1.81. The molecule has 3 N–H and O–H groups in total. The topological polar surface area (TPSA) is 56.7 Å². The molecule has 0 aliphatic rings. The first kappa shape index (κ1) is 18.4. The van der Waals surface area contributed by atoms with Gasteiger partial charge in [0.25, 0.3) is 0 Å². The molecular weight excluding hydrogens is 295 g/mol. The van der Waals surface area contributed by atoms with Crippen LogP contribution in [0.1, 0.15) is 31.9 Å². The van der Waals surface area contributed by atoms with Gasteiger partial charge in [-0.2, -0.15) is 13.2 Å². The first-order chi connectivity index (χ1) is 10.0. The first-order valence-corrected chi connectivity index (χ1v) is 6.86. The maximum atomic E-state index is 13.2. The molecule has 4 nitrogen and oxygen atoms in total. The zero-order chi connectivity index (χ0) is 17.0. The lowest BCUT2D eigenvalue weighted by atomic mass is 10.1. The van der Waals surface area contributed by atoms with E-state index in [9.17, 15) is 18.3 Å². The van der Waals surface area contributed by atoms with Crippen LogP contribution in [0, 0.1) is 0 Å². The minimum Gasteiger partial charge on any atom is -0.389 e. The van der Waals surface area contributed by atoms with Crippen molar-refractivity contribution >= 4 is 11.5 Å². The Morgan fingerprint density at radius 3 is 2.41 bits per heavy atom. The smallest absolute Gasteiger partial charge is 0.389 e. The highest BCUT2D eigenvalue weighted by molar-refractivity contribution is 5.94. The molecule has 0 spiro atoms. The van der Waals surface area contributed by atoms with Gasteiger partial charge in [0, 0.05) is 20.1 Å². The molecule has 22 heavy (non-hydrogen) atoms. The summed E-state index contributed by atoms with van der Waals surface area (Å²) in [5, 5.41) is 15.2. The number of amidine groups is 1. The predicted octanol–water partition coefficient (Wildman–Crippen LogP) is 3.03. The van der Waals surface area contributed by atoms with Gasteiger partial charge in [-0.15, -0.1) is 0 Å². The van der Waals surface area contributed by atoms with Crippen LogP contribution in [0.15, 0.2) is 23.2 Å². The van der Waals surface area contributed by atoms with Crippen molar-refractivity contribution in [1.29, 1.82) is 0 Å². The van der Waals surface area contributed by atoms with Crippen molar-refractivity contribution in [3.05, 3.63) is 29.3 Å². The summed E-state index contributed by atoms with van der Waals surface area (Å²) in [5.41, 5.74) is -1.18. The van der Waals surface area contributed by atoms with Crippen molar-refractivity contribution in [3.8, 4) is 0 Å². The third kappa shape index (κ3) is 6.03. The number of hydrogen-bond donors (Lipinski definition) is 3. The maximum absolute atomic E-state index is 13.2. The summed E-state index contributed by atoms with van der Waals surface area (Å²) in [6.07, 6.45) is -4.46. The second-order valence-corrected chi connectivity index (χ2v) is 5.73. The van der Waals surface area contributed by atoms with Crippen molar-refractivity contribution in [2.75, 3.05) is 18.9 Å². The summed E-state index contributed by atoms with van der Waals surface area (Å²) in [7, 11) is 1.50. The molecule has 0 aliphatic heterocycles. The molecule has 0 bridgehead atoms. The number of benzene rings is 1. The second kappa shape index (κ2) is 7.11. The number of hydrogen-bond acceptors (Lipinski definition) is 3. The lowest BCUT2D eigenvalue weighted by Gasteiger charge is -2.19. The highest BCUT2D eigenvalue weighted by Gasteiger charge is 2.33. The molecule has 1 aromatic carbocycles. The number of anilines is 1. The van der Waals surface area contributed by atoms with Gasteiger partial charge in [-0.05, 0) is 38.5 Å². The van der Waals surface area contributed by atoms with E-state index in [2.05, 4.69) is 15.6 Å². The van der Waals surface area contributed by atoms with E-state index < -0.39 is 17.3 Å². The van der Waals surface area contributed by atoms with Crippen LogP contribution >= 0.6 is 0 Å². The van der Waals surface area contributed by atoms with Gasteiger partial charge in [0.2, 0.25) is 0 Å². The molecule has 0 fully saturated rings. The number of nitrogens with one attached hydrogen (secondary N) is 2. The quantitative estimate of drug-likeness (QED) is 0.578. The largest absolute Gasteiger partial charge is 0.418 e. The van der Waals surface area contributed by atoms with E-state index >= 15 is 0 Å². The molecule has 1 aromatic rings. The van der Waals surface area contributed by atoms with E-state index in [1.807, 2.05) is 0 Å². The molecule has 0 aliphatic carbocycles. The molecule has 0 radical (unpaired) electrons. The molecule has 0 unspecified atom stereocenters. The first-order valence-electron chi connectivity index (χ1n) is 6.86. The number of rotatable bonds is 5. The van der Waals surface area contributed by atoms with Gasteiger partial charge in [-0.1, -0.05) is 6.07 Å². The number of halogens is 3. The third-order valence-corrected chi connectivity index (χ3v) is 2.93. The minimum absolute atomic E-state index is 0.0261. The summed E-state index contributed by atoms with van der Waals surface area (Å²) in [6.45, 7) is 5.38. The zero-order valence-electron chi connectivity index (χ0n) is 13.2.